The van der Waals surface area contributed by atoms with Gasteiger partial charge < -0.3 is 19.5 Å². The highest BCUT2D eigenvalue weighted by molar-refractivity contribution is 5.69. The van der Waals surface area contributed by atoms with Crippen molar-refractivity contribution >= 4 is 5.97 Å². The molecule has 0 heterocycles. The van der Waals surface area contributed by atoms with Gasteiger partial charge in [0.25, 0.3) is 0 Å². The van der Waals surface area contributed by atoms with E-state index in [0.717, 1.165) is 5.56 Å². The molecule has 0 aliphatic heterocycles. The molecule has 1 atom stereocenters. The average Bonchev–Trinajstić information content (AvgIpc) is 2.41. The van der Waals surface area contributed by atoms with Crippen LogP contribution in [0.3, 0.4) is 0 Å². The van der Waals surface area contributed by atoms with Crippen LogP contribution in [0.4, 0.5) is 8.78 Å². The minimum Gasteiger partial charge on any atom is -0.490 e. The Morgan fingerprint density at radius 2 is 2.05 bits per heavy atom. The Labute approximate surface area is 128 Å². The van der Waals surface area contributed by atoms with Crippen molar-refractivity contribution < 1.29 is 28.2 Å². The molecule has 0 saturated heterocycles. The number of carboxylic acids is 1. The summed E-state index contributed by atoms with van der Waals surface area (Å²) in [7, 11) is 1.79. The van der Waals surface area contributed by atoms with Gasteiger partial charge in [0.15, 0.2) is 11.5 Å². The maximum absolute atomic E-state index is 12.3. The molecule has 124 valence electrons. The molecule has 7 heteroatoms. The van der Waals surface area contributed by atoms with Gasteiger partial charge in [0.2, 0.25) is 0 Å². The smallest absolute Gasteiger partial charge is 0.387 e. The van der Waals surface area contributed by atoms with Crippen LogP contribution >= 0.6 is 0 Å². The van der Waals surface area contributed by atoms with Crippen LogP contribution in [0.5, 0.6) is 11.5 Å². The van der Waals surface area contributed by atoms with Gasteiger partial charge in [0.05, 0.1) is 12.5 Å². The lowest BCUT2D eigenvalue weighted by molar-refractivity contribution is -0.141. The number of rotatable bonds is 9. The Balaban J connectivity index is 2.78. The van der Waals surface area contributed by atoms with Crippen molar-refractivity contribution in [2.75, 3.05) is 20.2 Å². The third-order valence-electron chi connectivity index (χ3n) is 2.98. The Morgan fingerprint density at radius 3 is 2.59 bits per heavy atom. The van der Waals surface area contributed by atoms with Gasteiger partial charge >= 0.3 is 12.6 Å². The van der Waals surface area contributed by atoms with E-state index in [4.69, 9.17) is 9.84 Å². The van der Waals surface area contributed by atoms with Gasteiger partial charge in [-0.2, -0.15) is 8.78 Å². The molecule has 0 aliphatic rings. The molecular weight excluding hydrogens is 296 g/mol. The normalized spacial score (nSPS) is 12.5. The molecule has 5 nitrogen and oxygen atoms in total. The van der Waals surface area contributed by atoms with E-state index in [1.165, 1.54) is 6.07 Å². The third-order valence-corrected chi connectivity index (χ3v) is 2.98. The molecule has 0 radical (unpaired) electrons. The first kappa shape index (κ1) is 18.2. The van der Waals surface area contributed by atoms with E-state index in [1.807, 2.05) is 4.90 Å². The lowest BCUT2D eigenvalue weighted by Crippen LogP contribution is -2.28. The topological polar surface area (TPSA) is 59.0 Å². The third kappa shape index (κ3) is 5.85. The zero-order valence-electron chi connectivity index (χ0n) is 12.9. The molecule has 1 aromatic rings. The standard InChI is InChI=1S/C15H21F2NO4/c1-4-21-13-7-11(5-6-12(13)22-15(16)17)9-18(3)8-10(2)14(19)20/h5-7,10,15H,4,8-9H2,1-3H3,(H,19,20). The Bertz CT molecular complexity index is 496. The SMILES string of the molecule is CCOc1cc(CN(C)CC(C)C(=O)O)ccc1OC(F)F. The lowest BCUT2D eigenvalue weighted by atomic mass is 10.1. The van der Waals surface area contributed by atoms with E-state index >= 15 is 0 Å². The fourth-order valence-corrected chi connectivity index (χ4v) is 2.03. The highest BCUT2D eigenvalue weighted by atomic mass is 19.3. The molecule has 1 rings (SSSR count). The Morgan fingerprint density at radius 1 is 1.36 bits per heavy atom. The molecule has 1 unspecified atom stereocenters. The fourth-order valence-electron chi connectivity index (χ4n) is 2.03. The number of carboxylic acid groups (broad SMARTS) is 1. The zero-order valence-corrected chi connectivity index (χ0v) is 12.9. The molecule has 0 aliphatic carbocycles. The number of nitrogens with zero attached hydrogens (tertiary/aromatic N) is 1. The van der Waals surface area contributed by atoms with Crippen LogP contribution < -0.4 is 9.47 Å². The summed E-state index contributed by atoms with van der Waals surface area (Å²) in [5, 5.41) is 8.90. The van der Waals surface area contributed by atoms with Crippen molar-refractivity contribution in [2.45, 2.75) is 27.0 Å². The monoisotopic (exact) mass is 317 g/mol. The summed E-state index contributed by atoms with van der Waals surface area (Å²) in [6.07, 6.45) is 0. The number of ether oxygens (including phenoxy) is 2. The molecular formula is C15H21F2NO4. The quantitative estimate of drug-likeness (QED) is 0.759. The van der Waals surface area contributed by atoms with E-state index in [9.17, 15) is 13.6 Å². The summed E-state index contributed by atoms with van der Waals surface area (Å²) in [6.45, 7) is 1.66. The van der Waals surface area contributed by atoms with Crippen molar-refractivity contribution in [1.29, 1.82) is 0 Å². The predicted octanol–water partition coefficient (Wildman–Crippen LogP) is 2.84. The molecule has 0 saturated carbocycles. The van der Waals surface area contributed by atoms with Crippen LogP contribution in [0, 0.1) is 5.92 Å². The summed E-state index contributed by atoms with van der Waals surface area (Å²) in [5.74, 6) is -1.11. The maximum Gasteiger partial charge on any atom is 0.387 e. The van der Waals surface area contributed by atoms with Crippen LogP contribution in [0.25, 0.3) is 0 Å². The highest BCUT2D eigenvalue weighted by Gasteiger charge is 2.15. The van der Waals surface area contributed by atoms with Crippen LogP contribution in [0.2, 0.25) is 0 Å². The number of carbonyl (C=O) groups is 1. The number of hydrogen-bond acceptors (Lipinski definition) is 4. The van der Waals surface area contributed by atoms with Crippen molar-refractivity contribution in [2.24, 2.45) is 5.92 Å². The highest BCUT2D eigenvalue weighted by Crippen LogP contribution is 2.30. The summed E-state index contributed by atoms with van der Waals surface area (Å²) < 4.78 is 34.4. The number of hydrogen-bond donors (Lipinski definition) is 1. The van der Waals surface area contributed by atoms with Crippen molar-refractivity contribution in [3.8, 4) is 11.5 Å². The van der Waals surface area contributed by atoms with Crippen molar-refractivity contribution in [3.63, 3.8) is 0 Å². The summed E-state index contributed by atoms with van der Waals surface area (Å²) >= 11 is 0. The van der Waals surface area contributed by atoms with Gasteiger partial charge in [0, 0.05) is 13.1 Å². The van der Waals surface area contributed by atoms with Crippen LogP contribution in [0.1, 0.15) is 19.4 Å². The minimum atomic E-state index is -2.91. The Kier molecular flexibility index (Phi) is 7.04. The first-order chi connectivity index (χ1) is 10.3. The number of benzene rings is 1. The van der Waals surface area contributed by atoms with Gasteiger partial charge in [-0.1, -0.05) is 13.0 Å². The van der Waals surface area contributed by atoms with Gasteiger partial charge in [-0.05, 0) is 31.7 Å². The number of alkyl halides is 2. The lowest BCUT2D eigenvalue weighted by Gasteiger charge is -2.20. The van der Waals surface area contributed by atoms with E-state index in [0.29, 0.717) is 19.7 Å². The van der Waals surface area contributed by atoms with E-state index in [2.05, 4.69) is 4.74 Å². The van der Waals surface area contributed by atoms with Crippen LogP contribution in [-0.2, 0) is 11.3 Å². The minimum absolute atomic E-state index is 0.0119. The van der Waals surface area contributed by atoms with Crippen molar-refractivity contribution in [3.05, 3.63) is 23.8 Å². The first-order valence-corrected chi connectivity index (χ1v) is 6.95. The second-order valence-electron chi connectivity index (χ2n) is 5.03. The maximum atomic E-state index is 12.3. The largest absolute Gasteiger partial charge is 0.490 e. The van der Waals surface area contributed by atoms with Gasteiger partial charge in [-0.15, -0.1) is 0 Å². The van der Waals surface area contributed by atoms with Crippen LogP contribution in [0.15, 0.2) is 18.2 Å². The second-order valence-corrected chi connectivity index (χ2v) is 5.03. The molecule has 0 amide bonds. The molecule has 1 aromatic carbocycles. The number of aliphatic carboxylic acids is 1. The van der Waals surface area contributed by atoms with E-state index in [-0.39, 0.29) is 11.5 Å². The van der Waals surface area contributed by atoms with Gasteiger partial charge in [-0.3, -0.25) is 4.79 Å². The van der Waals surface area contributed by atoms with Gasteiger partial charge in [0.1, 0.15) is 0 Å². The molecule has 0 aromatic heterocycles. The van der Waals surface area contributed by atoms with Gasteiger partial charge in [-0.25, -0.2) is 0 Å². The molecule has 22 heavy (non-hydrogen) atoms. The molecule has 0 bridgehead atoms. The molecule has 0 fully saturated rings. The number of halogens is 2. The molecule has 1 N–H and O–H groups in total. The zero-order chi connectivity index (χ0) is 16.7. The van der Waals surface area contributed by atoms with Crippen LogP contribution in [-0.4, -0.2) is 42.8 Å². The van der Waals surface area contributed by atoms with E-state index in [1.54, 1.807) is 33.0 Å². The average molecular weight is 317 g/mol. The van der Waals surface area contributed by atoms with Crippen molar-refractivity contribution in [1.82, 2.24) is 4.90 Å². The second kappa shape index (κ2) is 8.53. The predicted molar refractivity (Wildman–Crippen MR) is 77.4 cm³/mol. The molecule has 0 spiro atoms. The van der Waals surface area contributed by atoms with E-state index < -0.39 is 18.5 Å². The summed E-state index contributed by atoms with van der Waals surface area (Å²) in [5.41, 5.74) is 0.824. The summed E-state index contributed by atoms with van der Waals surface area (Å²) in [6, 6.07) is 4.71. The first-order valence-electron chi connectivity index (χ1n) is 6.95. The summed E-state index contributed by atoms with van der Waals surface area (Å²) in [4.78, 5) is 12.7. The Hall–Kier alpha value is -1.89. The fraction of sp³-hybridized carbons (Fsp3) is 0.533.